The van der Waals surface area contributed by atoms with Crippen molar-refractivity contribution in [3.63, 3.8) is 0 Å². The minimum absolute atomic E-state index is 0.139. The van der Waals surface area contributed by atoms with Crippen LogP contribution >= 0.6 is 0 Å². The summed E-state index contributed by atoms with van der Waals surface area (Å²) in [5, 5.41) is 5.80. The van der Waals surface area contributed by atoms with Gasteiger partial charge in [0.05, 0.1) is 6.54 Å². The van der Waals surface area contributed by atoms with E-state index in [0.29, 0.717) is 12.1 Å². The molecule has 21 heavy (non-hydrogen) atoms. The number of hydrogen-bond acceptors (Lipinski definition) is 2. The average Bonchev–Trinajstić information content (AvgIpc) is 2.46. The number of rotatable bonds is 5. The molecule has 4 heteroatoms. The first-order valence-electron chi connectivity index (χ1n) is 6.88. The number of hydrogen-bond donors (Lipinski definition) is 2. The van der Waals surface area contributed by atoms with Gasteiger partial charge >= 0.3 is 0 Å². The zero-order chi connectivity index (χ0) is 15.2. The van der Waals surface area contributed by atoms with Gasteiger partial charge in [-0.25, -0.2) is 4.39 Å². The van der Waals surface area contributed by atoms with Crippen LogP contribution in [-0.2, 0) is 11.3 Å². The Kier molecular flexibility index (Phi) is 5.06. The summed E-state index contributed by atoms with van der Waals surface area (Å²) in [4.78, 5) is 11.9. The standard InChI is InChI=1S/C17H19FN2O/c1-12-6-5-9-16(13(12)2)20-17(21)11-19-10-14-7-3-4-8-15(14)18/h3-9,19H,10-11H2,1-2H3,(H,20,21). The molecule has 0 radical (unpaired) electrons. The fourth-order valence-corrected chi connectivity index (χ4v) is 2.03. The highest BCUT2D eigenvalue weighted by atomic mass is 19.1. The van der Waals surface area contributed by atoms with Crippen LogP contribution in [0.4, 0.5) is 10.1 Å². The SMILES string of the molecule is Cc1cccc(NC(=O)CNCc2ccccc2F)c1C. The fourth-order valence-electron chi connectivity index (χ4n) is 2.03. The van der Waals surface area contributed by atoms with Gasteiger partial charge in [-0.2, -0.15) is 0 Å². The van der Waals surface area contributed by atoms with Crippen molar-refractivity contribution in [1.29, 1.82) is 0 Å². The molecule has 0 aliphatic carbocycles. The molecule has 0 atom stereocenters. The molecule has 2 rings (SSSR count). The Labute approximate surface area is 124 Å². The van der Waals surface area contributed by atoms with E-state index in [1.54, 1.807) is 18.2 Å². The van der Waals surface area contributed by atoms with Crippen molar-refractivity contribution in [3.8, 4) is 0 Å². The Morgan fingerprint density at radius 2 is 1.86 bits per heavy atom. The monoisotopic (exact) mass is 286 g/mol. The molecular formula is C17H19FN2O. The van der Waals surface area contributed by atoms with Gasteiger partial charge in [-0.05, 0) is 37.1 Å². The summed E-state index contributed by atoms with van der Waals surface area (Å²) < 4.78 is 13.4. The van der Waals surface area contributed by atoms with Gasteiger partial charge in [0.1, 0.15) is 5.82 Å². The molecule has 0 bridgehead atoms. The van der Waals surface area contributed by atoms with E-state index in [1.807, 2.05) is 32.0 Å². The van der Waals surface area contributed by atoms with Crippen LogP contribution in [0.1, 0.15) is 16.7 Å². The fraction of sp³-hybridized carbons (Fsp3) is 0.235. The van der Waals surface area contributed by atoms with Crippen molar-refractivity contribution < 1.29 is 9.18 Å². The predicted octanol–water partition coefficient (Wildman–Crippen LogP) is 3.17. The number of carbonyl (C=O) groups is 1. The van der Waals surface area contributed by atoms with Crippen LogP contribution in [0.15, 0.2) is 42.5 Å². The van der Waals surface area contributed by atoms with Gasteiger partial charge in [0.25, 0.3) is 0 Å². The number of halogens is 1. The third-order valence-electron chi connectivity index (χ3n) is 3.44. The van der Waals surface area contributed by atoms with E-state index in [1.165, 1.54) is 6.07 Å². The minimum atomic E-state index is -0.264. The summed E-state index contributed by atoms with van der Waals surface area (Å²) in [6, 6.07) is 12.3. The molecule has 0 saturated heterocycles. The zero-order valence-electron chi connectivity index (χ0n) is 12.2. The van der Waals surface area contributed by atoms with Gasteiger partial charge in [-0.1, -0.05) is 30.3 Å². The molecule has 2 aromatic carbocycles. The number of nitrogens with one attached hydrogen (secondary N) is 2. The van der Waals surface area contributed by atoms with E-state index in [0.717, 1.165) is 16.8 Å². The molecule has 0 saturated carbocycles. The lowest BCUT2D eigenvalue weighted by Gasteiger charge is -2.11. The Morgan fingerprint density at radius 3 is 2.62 bits per heavy atom. The maximum atomic E-state index is 13.4. The molecule has 0 aromatic heterocycles. The van der Waals surface area contributed by atoms with Crippen molar-refractivity contribution in [1.82, 2.24) is 5.32 Å². The third kappa shape index (κ3) is 4.13. The van der Waals surface area contributed by atoms with Gasteiger partial charge in [0.2, 0.25) is 5.91 Å². The van der Waals surface area contributed by atoms with Crippen molar-refractivity contribution in [2.75, 3.05) is 11.9 Å². The van der Waals surface area contributed by atoms with E-state index in [9.17, 15) is 9.18 Å². The lowest BCUT2D eigenvalue weighted by atomic mass is 10.1. The smallest absolute Gasteiger partial charge is 0.238 e. The van der Waals surface area contributed by atoms with E-state index >= 15 is 0 Å². The first kappa shape index (κ1) is 15.2. The van der Waals surface area contributed by atoms with Crippen molar-refractivity contribution in [2.24, 2.45) is 0 Å². The summed E-state index contributed by atoms with van der Waals surface area (Å²) in [6.45, 7) is 4.44. The Morgan fingerprint density at radius 1 is 1.10 bits per heavy atom. The molecule has 0 fully saturated rings. The molecule has 0 aliphatic rings. The number of anilines is 1. The minimum Gasteiger partial charge on any atom is -0.325 e. The molecule has 2 N–H and O–H groups in total. The second kappa shape index (κ2) is 6.99. The molecule has 0 aliphatic heterocycles. The molecule has 3 nitrogen and oxygen atoms in total. The number of benzene rings is 2. The number of amides is 1. The first-order valence-corrected chi connectivity index (χ1v) is 6.88. The van der Waals surface area contributed by atoms with Crippen molar-refractivity contribution in [3.05, 3.63) is 65.0 Å². The second-order valence-corrected chi connectivity index (χ2v) is 4.99. The van der Waals surface area contributed by atoms with E-state index in [4.69, 9.17) is 0 Å². The lowest BCUT2D eigenvalue weighted by Crippen LogP contribution is -2.28. The molecule has 0 spiro atoms. The summed E-state index contributed by atoms with van der Waals surface area (Å²) in [6.07, 6.45) is 0. The van der Waals surface area contributed by atoms with E-state index < -0.39 is 0 Å². The molecule has 0 unspecified atom stereocenters. The Balaban J connectivity index is 1.85. The van der Waals surface area contributed by atoms with Crippen LogP contribution in [0.2, 0.25) is 0 Å². The summed E-state index contributed by atoms with van der Waals surface area (Å²) in [7, 11) is 0. The lowest BCUT2D eigenvalue weighted by molar-refractivity contribution is -0.115. The van der Waals surface area contributed by atoms with E-state index in [2.05, 4.69) is 10.6 Å². The van der Waals surface area contributed by atoms with Gasteiger partial charge in [-0.15, -0.1) is 0 Å². The van der Waals surface area contributed by atoms with Gasteiger partial charge in [0, 0.05) is 17.8 Å². The number of carbonyl (C=O) groups excluding carboxylic acids is 1. The topological polar surface area (TPSA) is 41.1 Å². The van der Waals surface area contributed by atoms with Crippen LogP contribution in [0.3, 0.4) is 0 Å². The molecule has 0 heterocycles. The summed E-state index contributed by atoms with van der Waals surface area (Å²) in [5.74, 6) is -0.403. The summed E-state index contributed by atoms with van der Waals surface area (Å²) >= 11 is 0. The molecule has 2 aromatic rings. The normalized spacial score (nSPS) is 10.4. The largest absolute Gasteiger partial charge is 0.325 e. The average molecular weight is 286 g/mol. The molecule has 110 valence electrons. The van der Waals surface area contributed by atoms with Gasteiger partial charge in [0.15, 0.2) is 0 Å². The van der Waals surface area contributed by atoms with Crippen LogP contribution in [0.25, 0.3) is 0 Å². The second-order valence-electron chi connectivity index (χ2n) is 4.99. The Bertz CT molecular complexity index is 640. The molecule has 1 amide bonds. The van der Waals surface area contributed by atoms with Crippen LogP contribution < -0.4 is 10.6 Å². The molecular weight excluding hydrogens is 267 g/mol. The van der Waals surface area contributed by atoms with Gasteiger partial charge < -0.3 is 10.6 Å². The van der Waals surface area contributed by atoms with Crippen molar-refractivity contribution in [2.45, 2.75) is 20.4 Å². The van der Waals surface area contributed by atoms with Crippen molar-refractivity contribution >= 4 is 11.6 Å². The van der Waals surface area contributed by atoms with Crippen LogP contribution in [0, 0.1) is 19.7 Å². The maximum absolute atomic E-state index is 13.4. The van der Waals surface area contributed by atoms with E-state index in [-0.39, 0.29) is 18.3 Å². The maximum Gasteiger partial charge on any atom is 0.238 e. The third-order valence-corrected chi connectivity index (χ3v) is 3.44. The van der Waals surface area contributed by atoms with Crippen LogP contribution in [-0.4, -0.2) is 12.5 Å². The highest BCUT2D eigenvalue weighted by Gasteiger charge is 2.06. The first-order chi connectivity index (χ1) is 10.1. The highest BCUT2D eigenvalue weighted by Crippen LogP contribution is 2.17. The quantitative estimate of drug-likeness (QED) is 0.886. The predicted molar refractivity (Wildman–Crippen MR) is 82.7 cm³/mol. The van der Waals surface area contributed by atoms with Crippen LogP contribution in [0.5, 0.6) is 0 Å². The zero-order valence-corrected chi connectivity index (χ0v) is 12.2. The number of aryl methyl sites for hydroxylation is 1. The van der Waals surface area contributed by atoms with Gasteiger partial charge in [-0.3, -0.25) is 4.79 Å². The summed E-state index contributed by atoms with van der Waals surface area (Å²) in [5.41, 5.74) is 3.55. The highest BCUT2D eigenvalue weighted by molar-refractivity contribution is 5.93. The Hall–Kier alpha value is -2.20.